The number of aryl methyl sites for hydroxylation is 2. The van der Waals surface area contributed by atoms with E-state index in [0.29, 0.717) is 12.0 Å². The highest BCUT2D eigenvalue weighted by atomic mass is 16.6. The molecular formula is C28H33NO2. The van der Waals surface area contributed by atoms with Gasteiger partial charge in [0, 0.05) is 18.9 Å². The highest BCUT2D eigenvalue weighted by Gasteiger charge is 2.42. The first kappa shape index (κ1) is 22.8. The SMILES string of the molecule is Cc1ccc(C(=O)O[C@@](Cc2ccccc2)(c2ccccc2)[C@@H](C)CN(C)C)cc1C. The summed E-state index contributed by atoms with van der Waals surface area (Å²) in [6.45, 7) is 7.04. The monoisotopic (exact) mass is 415 g/mol. The van der Waals surface area contributed by atoms with Gasteiger partial charge in [-0.25, -0.2) is 4.79 Å². The van der Waals surface area contributed by atoms with Gasteiger partial charge in [-0.05, 0) is 62.3 Å². The molecule has 3 aromatic rings. The molecule has 0 bridgehead atoms. The minimum Gasteiger partial charge on any atom is -0.450 e. The van der Waals surface area contributed by atoms with Crippen molar-refractivity contribution in [2.24, 2.45) is 5.92 Å². The van der Waals surface area contributed by atoms with Crippen LogP contribution in [0.25, 0.3) is 0 Å². The van der Waals surface area contributed by atoms with Crippen molar-refractivity contribution in [3.05, 3.63) is 107 Å². The molecule has 0 heterocycles. The standard InChI is InChI=1S/C28H33NO2/c1-21-16-17-25(18-22(21)2)27(30)31-28(23(3)20-29(4)5,26-14-10-7-11-15-26)19-24-12-8-6-9-13-24/h6-18,23H,19-20H2,1-5H3/t23-,28+/m0/s1. The van der Waals surface area contributed by atoms with Gasteiger partial charge in [0.05, 0.1) is 5.56 Å². The van der Waals surface area contributed by atoms with Gasteiger partial charge in [0.2, 0.25) is 0 Å². The zero-order valence-electron chi connectivity index (χ0n) is 19.3. The molecule has 2 atom stereocenters. The maximum absolute atomic E-state index is 13.4. The van der Waals surface area contributed by atoms with E-state index in [-0.39, 0.29) is 11.9 Å². The molecule has 162 valence electrons. The molecule has 0 aromatic heterocycles. The summed E-state index contributed by atoms with van der Waals surface area (Å²) in [5.74, 6) is -0.214. The van der Waals surface area contributed by atoms with Gasteiger partial charge in [-0.15, -0.1) is 0 Å². The van der Waals surface area contributed by atoms with Crippen LogP contribution >= 0.6 is 0 Å². The molecule has 31 heavy (non-hydrogen) atoms. The van der Waals surface area contributed by atoms with Crippen LogP contribution in [0.15, 0.2) is 78.9 Å². The van der Waals surface area contributed by atoms with Gasteiger partial charge in [0.15, 0.2) is 0 Å². The Balaban J connectivity index is 2.09. The van der Waals surface area contributed by atoms with Crippen molar-refractivity contribution in [3.8, 4) is 0 Å². The quantitative estimate of drug-likeness (QED) is 0.436. The topological polar surface area (TPSA) is 29.5 Å². The summed E-state index contributed by atoms with van der Waals surface area (Å²) in [4.78, 5) is 15.6. The van der Waals surface area contributed by atoms with Crippen molar-refractivity contribution in [1.29, 1.82) is 0 Å². The third kappa shape index (κ3) is 5.42. The Kier molecular flexibility index (Phi) is 7.29. The summed E-state index contributed by atoms with van der Waals surface area (Å²) in [6, 6.07) is 26.2. The summed E-state index contributed by atoms with van der Waals surface area (Å²) in [5, 5.41) is 0. The molecule has 0 spiro atoms. The fraction of sp³-hybridized carbons (Fsp3) is 0.321. The first-order valence-corrected chi connectivity index (χ1v) is 10.9. The molecular weight excluding hydrogens is 382 g/mol. The summed E-state index contributed by atoms with van der Waals surface area (Å²) >= 11 is 0. The Labute approximate surface area is 186 Å². The number of carbonyl (C=O) groups is 1. The lowest BCUT2D eigenvalue weighted by atomic mass is 9.77. The third-order valence-corrected chi connectivity index (χ3v) is 6.02. The van der Waals surface area contributed by atoms with Crippen LogP contribution in [0.3, 0.4) is 0 Å². The van der Waals surface area contributed by atoms with Gasteiger partial charge in [0.1, 0.15) is 5.60 Å². The third-order valence-electron chi connectivity index (χ3n) is 6.02. The number of benzene rings is 3. The van der Waals surface area contributed by atoms with E-state index in [1.165, 1.54) is 0 Å². The van der Waals surface area contributed by atoms with E-state index in [1.807, 2.05) is 68.4 Å². The average molecular weight is 416 g/mol. The molecule has 0 saturated carbocycles. The average Bonchev–Trinajstić information content (AvgIpc) is 2.76. The van der Waals surface area contributed by atoms with E-state index >= 15 is 0 Å². The first-order valence-electron chi connectivity index (χ1n) is 10.9. The molecule has 0 amide bonds. The highest BCUT2D eigenvalue weighted by Crippen LogP contribution is 2.39. The first-order chi connectivity index (χ1) is 14.8. The van der Waals surface area contributed by atoms with E-state index in [4.69, 9.17) is 4.74 Å². The van der Waals surface area contributed by atoms with Crippen molar-refractivity contribution in [2.75, 3.05) is 20.6 Å². The van der Waals surface area contributed by atoms with Crippen LogP contribution in [0.4, 0.5) is 0 Å². The molecule has 0 N–H and O–H groups in total. The summed E-state index contributed by atoms with van der Waals surface area (Å²) < 4.78 is 6.51. The fourth-order valence-corrected chi connectivity index (χ4v) is 4.16. The lowest BCUT2D eigenvalue weighted by Gasteiger charge is -2.40. The van der Waals surface area contributed by atoms with Crippen molar-refractivity contribution >= 4 is 5.97 Å². The van der Waals surface area contributed by atoms with Crippen molar-refractivity contribution in [1.82, 2.24) is 4.90 Å². The van der Waals surface area contributed by atoms with Crippen molar-refractivity contribution in [3.63, 3.8) is 0 Å². The number of ether oxygens (including phenoxy) is 1. The minimum absolute atomic E-state index is 0.0700. The molecule has 0 saturated heterocycles. The number of rotatable bonds is 8. The largest absolute Gasteiger partial charge is 0.450 e. The Morgan fingerprint density at radius 1 is 0.903 bits per heavy atom. The number of nitrogens with zero attached hydrogens (tertiary/aromatic N) is 1. The Morgan fingerprint density at radius 3 is 2.10 bits per heavy atom. The lowest BCUT2D eigenvalue weighted by Crippen LogP contribution is -2.45. The van der Waals surface area contributed by atoms with Crippen LogP contribution in [0.1, 0.15) is 39.5 Å². The number of hydrogen-bond donors (Lipinski definition) is 0. The van der Waals surface area contributed by atoms with Gasteiger partial charge >= 0.3 is 5.97 Å². The van der Waals surface area contributed by atoms with Crippen molar-refractivity contribution < 1.29 is 9.53 Å². The summed E-state index contributed by atoms with van der Waals surface area (Å²) in [7, 11) is 4.11. The lowest BCUT2D eigenvalue weighted by molar-refractivity contribution is -0.0572. The Hall–Kier alpha value is -2.91. The normalized spacial score (nSPS) is 14.1. The second-order valence-electron chi connectivity index (χ2n) is 8.77. The molecule has 3 heteroatoms. The van der Waals surface area contributed by atoms with E-state index < -0.39 is 5.60 Å². The predicted molar refractivity (Wildman–Crippen MR) is 127 cm³/mol. The van der Waals surface area contributed by atoms with Crippen LogP contribution in [-0.2, 0) is 16.8 Å². The molecule has 3 aromatic carbocycles. The second kappa shape index (κ2) is 9.93. The van der Waals surface area contributed by atoms with E-state index in [0.717, 1.165) is 28.8 Å². The van der Waals surface area contributed by atoms with Crippen LogP contribution in [0.2, 0.25) is 0 Å². The number of hydrogen-bond acceptors (Lipinski definition) is 3. The fourth-order valence-electron chi connectivity index (χ4n) is 4.16. The van der Waals surface area contributed by atoms with Crippen molar-refractivity contribution in [2.45, 2.75) is 32.8 Å². The summed E-state index contributed by atoms with van der Waals surface area (Å²) in [6.07, 6.45) is 0.615. The Bertz CT molecular complexity index is 998. The molecule has 0 aliphatic heterocycles. The number of carbonyl (C=O) groups excluding carboxylic acids is 1. The van der Waals surface area contributed by atoms with Gasteiger partial charge in [0.25, 0.3) is 0 Å². The second-order valence-corrected chi connectivity index (χ2v) is 8.77. The van der Waals surface area contributed by atoms with Crippen LogP contribution in [-0.4, -0.2) is 31.5 Å². The van der Waals surface area contributed by atoms with Gasteiger partial charge in [-0.2, -0.15) is 0 Å². The highest BCUT2D eigenvalue weighted by molar-refractivity contribution is 5.90. The number of esters is 1. The zero-order valence-corrected chi connectivity index (χ0v) is 19.3. The smallest absolute Gasteiger partial charge is 0.339 e. The predicted octanol–water partition coefficient (Wildman–Crippen LogP) is 5.80. The Morgan fingerprint density at radius 2 is 1.52 bits per heavy atom. The van der Waals surface area contributed by atoms with Crippen LogP contribution in [0.5, 0.6) is 0 Å². The van der Waals surface area contributed by atoms with E-state index in [9.17, 15) is 4.79 Å². The van der Waals surface area contributed by atoms with Gasteiger partial charge < -0.3 is 9.64 Å². The molecule has 0 radical (unpaired) electrons. The van der Waals surface area contributed by atoms with Gasteiger partial charge in [-0.1, -0.05) is 73.7 Å². The zero-order chi connectivity index (χ0) is 22.4. The minimum atomic E-state index is -0.789. The van der Waals surface area contributed by atoms with Crippen LogP contribution < -0.4 is 0 Å². The molecule has 0 unspecified atom stereocenters. The van der Waals surface area contributed by atoms with Crippen LogP contribution in [0, 0.1) is 19.8 Å². The molecule has 3 nitrogen and oxygen atoms in total. The van der Waals surface area contributed by atoms with E-state index in [2.05, 4.69) is 50.2 Å². The maximum atomic E-state index is 13.4. The molecule has 3 rings (SSSR count). The molecule has 0 fully saturated rings. The molecule has 0 aliphatic carbocycles. The van der Waals surface area contributed by atoms with Gasteiger partial charge in [-0.3, -0.25) is 0 Å². The summed E-state index contributed by atoms with van der Waals surface area (Å²) in [5.41, 5.74) is 4.21. The maximum Gasteiger partial charge on any atom is 0.339 e. The molecule has 0 aliphatic rings. The van der Waals surface area contributed by atoms with E-state index in [1.54, 1.807) is 0 Å².